The first-order chi connectivity index (χ1) is 9.13. The van der Waals surface area contributed by atoms with Gasteiger partial charge in [-0.3, -0.25) is 0 Å². The SMILES string of the molecule is Cc1oc2ccc(I)cc2c1Sc1ccc(F)cc1. The highest BCUT2D eigenvalue weighted by Crippen LogP contribution is 2.38. The zero-order valence-corrected chi connectivity index (χ0v) is 13.1. The van der Waals surface area contributed by atoms with Gasteiger partial charge in [-0.15, -0.1) is 0 Å². The fourth-order valence-electron chi connectivity index (χ4n) is 1.92. The van der Waals surface area contributed by atoms with Crippen LogP contribution in [0.1, 0.15) is 5.76 Å². The number of furan rings is 1. The van der Waals surface area contributed by atoms with Crippen LogP contribution in [0, 0.1) is 16.3 Å². The van der Waals surface area contributed by atoms with Crippen molar-refractivity contribution in [3.8, 4) is 0 Å². The molecular weight excluding hydrogens is 374 g/mol. The highest BCUT2D eigenvalue weighted by atomic mass is 127. The van der Waals surface area contributed by atoms with Crippen LogP contribution in [0.2, 0.25) is 0 Å². The molecule has 0 unspecified atom stereocenters. The monoisotopic (exact) mass is 384 g/mol. The first kappa shape index (κ1) is 13.0. The molecule has 96 valence electrons. The third kappa shape index (κ3) is 2.65. The maximum absolute atomic E-state index is 12.9. The van der Waals surface area contributed by atoms with E-state index in [4.69, 9.17) is 4.42 Å². The van der Waals surface area contributed by atoms with Gasteiger partial charge >= 0.3 is 0 Å². The van der Waals surface area contributed by atoms with Gasteiger partial charge in [0.1, 0.15) is 17.2 Å². The Balaban J connectivity index is 2.06. The highest BCUT2D eigenvalue weighted by Gasteiger charge is 2.12. The maximum atomic E-state index is 12.9. The molecule has 0 aliphatic rings. The Morgan fingerprint density at radius 1 is 1.11 bits per heavy atom. The summed E-state index contributed by atoms with van der Waals surface area (Å²) in [5, 5.41) is 1.11. The second-order valence-electron chi connectivity index (χ2n) is 4.18. The standard InChI is InChI=1S/C15H10FIOS/c1-9-15(19-12-5-2-10(16)3-6-12)13-8-11(17)4-7-14(13)18-9/h2-8H,1H3. The van der Waals surface area contributed by atoms with Gasteiger partial charge < -0.3 is 4.42 Å². The molecule has 0 N–H and O–H groups in total. The lowest BCUT2D eigenvalue weighted by Gasteiger charge is -2.01. The van der Waals surface area contributed by atoms with Crippen LogP contribution in [0.15, 0.2) is 56.7 Å². The lowest BCUT2D eigenvalue weighted by Crippen LogP contribution is -1.77. The Labute approximate surface area is 128 Å². The molecule has 0 bridgehead atoms. The number of hydrogen-bond acceptors (Lipinski definition) is 2. The number of fused-ring (bicyclic) bond motifs is 1. The maximum Gasteiger partial charge on any atom is 0.135 e. The lowest BCUT2D eigenvalue weighted by atomic mass is 10.2. The summed E-state index contributed by atoms with van der Waals surface area (Å²) in [6.45, 7) is 1.96. The molecule has 0 amide bonds. The van der Waals surface area contributed by atoms with Gasteiger partial charge in [-0.05, 0) is 72.0 Å². The average molecular weight is 384 g/mol. The van der Waals surface area contributed by atoms with E-state index >= 15 is 0 Å². The highest BCUT2D eigenvalue weighted by molar-refractivity contribution is 14.1. The van der Waals surface area contributed by atoms with Gasteiger partial charge in [-0.2, -0.15) is 0 Å². The molecule has 1 heterocycles. The van der Waals surface area contributed by atoms with E-state index in [9.17, 15) is 4.39 Å². The lowest BCUT2D eigenvalue weighted by molar-refractivity contribution is 0.568. The van der Waals surface area contributed by atoms with Crippen LogP contribution in [0.4, 0.5) is 4.39 Å². The van der Waals surface area contributed by atoms with Gasteiger partial charge in [0, 0.05) is 13.9 Å². The molecule has 0 saturated carbocycles. The number of benzene rings is 2. The summed E-state index contributed by atoms with van der Waals surface area (Å²) < 4.78 is 19.8. The molecule has 0 atom stereocenters. The Morgan fingerprint density at radius 2 is 1.84 bits per heavy atom. The zero-order valence-electron chi connectivity index (χ0n) is 10.1. The molecule has 4 heteroatoms. The van der Waals surface area contributed by atoms with Crippen LogP contribution < -0.4 is 0 Å². The van der Waals surface area contributed by atoms with Gasteiger partial charge in [-0.1, -0.05) is 11.8 Å². The topological polar surface area (TPSA) is 13.1 Å². The van der Waals surface area contributed by atoms with E-state index in [0.29, 0.717) is 0 Å². The Kier molecular flexibility index (Phi) is 3.54. The Morgan fingerprint density at radius 3 is 2.58 bits per heavy atom. The summed E-state index contributed by atoms with van der Waals surface area (Å²) in [5.74, 6) is 0.680. The first-order valence-electron chi connectivity index (χ1n) is 5.75. The van der Waals surface area contributed by atoms with E-state index in [0.717, 1.165) is 26.5 Å². The molecule has 1 nitrogen and oxygen atoms in total. The molecular formula is C15H10FIOS. The summed E-state index contributed by atoms with van der Waals surface area (Å²) in [4.78, 5) is 2.10. The largest absolute Gasteiger partial charge is 0.460 e. The third-order valence-electron chi connectivity index (χ3n) is 2.80. The number of hydrogen-bond donors (Lipinski definition) is 0. The fraction of sp³-hybridized carbons (Fsp3) is 0.0667. The normalized spacial score (nSPS) is 11.1. The molecule has 3 rings (SSSR count). The van der Waals surface area contributed by atoms with Crippen molar-refractivity contribution >= 4 is 45.3 Å². The summed E-state index contributed by atoms with van der Waals surface area (Å²) in [7, 11) is 0. The van der Waals surface area contributed by atoms with Crippen molar-refractivity contribution in [2.75, 3.05) is 0 Å². The van der Waals surface area contributed by atoms with E-state index in [2.05, 4.69) is 28.7 Å². The molecule has 0 radical (unpaired) electrons. The fourth-order valence-corrected chi connectivity index (χ4v) is 3.37. The minimum Gasteiger partial charge on any atom is -0.460 e. The van der Waals surface area contributed by atoms with Crippen molar-refractivity contribution < 1.29 is 8.81 Å². The summed E-state index contributed by atoms with van der Waals surface area (Å²) in [5.41, 5.74) is 0.891. The van der Waals surface area contributed by atoms with Crippen molar-refractivity contribution in [1.82, 2.24) is 0 Å². The van der Waals surface area contributed by atoms with Crippen LogP contribution in [-0.4, -0.2) is 0 Å². The number of rotatable bonds is 2. The molecule has 0 fully saturated rings. The smallest absolute Gasteiger partial charge is 0.135 e. The van der Waals surface area contributed by atoms with E-state index < -0.39 is 0 Å². The second kappa shape index (κ2) is 5.17. The number of aryl methyl sites for hydroxylation is 1. The molecule has 0 saturated heterocycles. The minimum absolute atomic E-state index is 0.215. The summed E-state index contributed by atoms with van der Waals surface area (Å²) in [6, 6.07) is 12.6. The predicted octanol–water partition coefficient (Wildman–Crippen LogP) is 5.64. The van der Waals surface area contributed by atoms with Crippen LogP contribution in [0.25, 0.3) is 11.0 Å². The molecule has 3 aromatic rings. The van der Waals surface area contributed by atoms with Gasteiger partial charge in [0.2, 0.25) is 0 Å². The summed E-state index contributed by atoms with van der Waals surface area (Å²) >= 11 is 3.89. The van der Waals surface area contributed by atoms with E-state index in [1.807, 2.05) is 19.1 Å². The van der Waals surface area contributed by atoms with Crippen LogP contribution in [0.5, 0.6) is 0 Å². The Hall–Kier alpha value is -1.01. The minimum atomic E-state index is -0.215. The quantitative estimate of drug-likeness (QED) is 0.531. The van der Waals surface area contributed by atoms with Crippen LogP contribution >= 0.6 is 34.4 Å². The van der Waals surface area contributed by atoms with Crippen molar-refractivity contribution in [3.05, 3.63) is 57.6 Å². The van der Waals surface area contributed by atoms with Crippen molar-refractivity contribution in [1.29, 1.82) is 0 Å². The number of halogens is 2. The van der Waals surface area contributed by atoms with E-state index in [1.165, 1.54) is 15.7 Å². The van der Waals surface area contributed by atoms with Crippen LogP contribution in [0.3, 0.4) is 0 Å². The van der Waals surface area contributed by atoms with Gasteiger partial charge in [0.15, 0.2) is 0 Å². The van der Waals surface area contributed by atoms with Crippen molar-refractivity contribution in [2.45, 2.75) is 16.7 Å². The van der Waals surface area contributed by atoms with E-state index in [1.54, 1.807) is 23.9 Å². The molecule has 19 heavy (non-hydrogen) atoms. The van der Waals surface area contributed by atoms with Crippen molar-refractivity contribution in [2.24, 2.45) is 0 Å². The second-order valence-corrected chi connectivity index (χ2v) is 6.51. The summed E-state index contributed by atoms with van der Waals surface area (Å²) in [6.07, 6.45) is 0. The van der Waals surface area contributed by atoms with Gasteiger partial charge in [0.25, 0.3) is 0 Å². The predicted molar refractivity (Wildman–Crippen MR) is 84.2 cm³/mol. The molecule has 2 aromatic carbocycles. The van der Waals surface area contributed by atoms with Crippen molar-refractivity contribution in [3.63, 3.8) is 0 Å². The van der Waals surface area contributed by atoms with Crippen LogP contribution in [-0.2, 0) is 0 Å². The first-order valence-corrected chi connectivity index (χ1v) is 7.65. The molecule has 0 aliphatic carbocycles. The third-order valence-corrected chi connectivity index (χ3v) is 4.69. The average Bonchev–Trinajstić information content (AvgIpc) is 2.69. The zero-order chi connectivity index (χ0) is 13.4. The van der Waals surface area contributed by atoms with Gasteiger partial charge in [0.05, 0.1) is 4.90 Å². The van der Waals surface area contributed by atoms with E-state index in [-0.39, 0.29) is 5.82 Å². The molecule has 0 spiro atoms. The Bertz CT molecular complexity index is 734. The molecule has 0 aliphatic heterocycles. The van der Waals surface area contributed by atoms with Gasteiger partial charge in [-0.25, -0.2) is 4.39 Å². The molecule has 1 aromatic heterocycles.